The molecule has 1 aliphatic heterocycles. The van der Waals surface area contributed by atoms with Crippen molar-refractivity contribution in [3.63, 3.8) is 0 Å². The van der Waals surface area contributed by atoms with E-state index < -0.39 is 0 Å². The minimum atomic E-state index is 0.668. The van der Waals surface area contributed by atoms with Crippen LogP contribution in [0.2, 0.25) is 0 Å². The zero-order valence-corrected chi connectivity index (χ0v) is 13.3. The minimum absolute atomic E-state index is 0.668. The second kappa shape index (κ2) is 7.31. The third-order valence-electron chi connectivity index (χ3n) is 5.31. The highest BCUT2D eigenvalue weighted by molar-refractivity contribution is 5.37. The lowest BCUT2D eigenvalue weighted by atomic mass is 9.78. The fraction of sp³-hybridized carbons (Fsp3) is 0.684. The molecule has 116 valence electrons. The van der Waals surface area contributed by atoms with Crippen molar-refractivity contribution in [1.29, 1.82) is 0 Å². The van der Waals surface area contributed by atoms with Gasteiger partial charge in [0, 0.05) is 6.04 Å². The van der Waals surface area contributed by atoms with Gasteiger partial charge in [0.25, 0.3) is 0 Å². The molecule has 0 spiro atoms. The maximum absolute atomic E-state index is 5.82. The number of para-hydroxylation sites is 1. The van der Waals surface area contributed by atoms with E-state index in [4.69, 9.17) is 4.74 Å². The molecule has 1 aromatic rings. The molecule has 2 nitrogen and oxygen atoms in total. The monoisotopic (exact) mass is 287 g/mol. The highest BCUT2D eigenvalue weighted by atomic mass is 16.5. The molecule has 1 aromatic carbocycles. The van der Waals surface area contributed by atoms with Crippen molar-refractivity contribution in [2.24, 2.45) is 5.92 Å². The predicted octanol–water partition coefficient (Wildman–Crippen LogP) is 4.50. The molecule has 1 fully saturated rings. The molecule has 0 aromatic heterocycles. The Bertz CT molecular complexity index is 439. The summed E-state index contributed by atoms with van der Waals surface area (Å²) >= 11 is 0. The summed E-state index contributed by atoms with van der Waals surface area (Å²) in [5.74, 6) is 2.67. The number of ether oxygens (including phenoxy) is 1. The van der Waals surface area contributed by atoms with E-state index in [0.717, 1.165) is 24.8 Å². The first-order valence-corrected chi connectivity index (χ1v) is 8.83. The number of benzene rings is 1. The van der Waals surface area contributed by atoms with Gasteiger partial charge in [-0.25, -0.2) is 0 Å². The summed E-state index contributed by atoms with van der Waals surface area (Å²) in [6, 6.07) is 9.33. The van der Waals surface area contributed by atoms with E-state index >= 15 is 0 Å². The van der Waals surface area contributed by atoms with Crippen LogP contribution < -0.4 is 10.1 Å². The quantitative estimate of drug-likeness (QED) is 0.861. The van der Waals surface area contributed by atoms with Crippen molar-refractivity contribution >= 4 is 0 Å². The molecule has 0 radical (unpaired) electrons. The molecule has 2 aliphatic rings. The summed E-state index contributed by atoms with van der Waals surface area (Å²) in [6.45, 7) is 4.21. The van der Waals surface area contributed by atoms with Crippen LogP contribution in [0.1, 0.15) is 63.4 Å². The van der Waals surface area contributed by atoms with Crippen molar-refractivity contribution in [2.75, 3.05) is 13.2 Å². The van der Waals surface area contributed by atoms with E-state index in [1.54, 1.807) is 0 Å². The van der Waals surface area contributed by atoms with Crippen LogP contribution in [0.3, 0.4) is 0 Å². The third-order valence-corrected chi connectivity index (χ3v) is 5.31. The van der Waals surface area contributed by atoms with Crippen molar-refractivity contribution in [3.8, 4) is 5.75 Å². The molecule has 1 aliphatic carbocycles. The van der Waals surface area contributed by atoms with E-state index in [0.29, 0.717) is 12.0 Å². The second-order valence-corrected chi connectivity index (χ2v) is 6.67. The van der Waals surface area contributed by atoms with Crippen molar-refractivity contribution in [2.45, 2.75) is 63.8 Å². The van der Waals surface area contributed by atoms with Gasteiger partial charge in [-0.05, 0) is 55.7 Å². The molecule has 3 rings (SSSR count). The molecule has 0 amide bonds. The van der Waals surface area contributed by atoms with Crippen molar-refractivity contribution < 1.29 is 4.74 Å². The first kappa shape index (κ1) is 14.9. The highest BCUT2D eigenvalue weighted by Crippen LogP contribution is 2.38. The Balaban J connectivity index is 1.71. The Hall–Kier alpha value is -1.02. The molecule has 2 atom stereocenters. The van der Waals surface area contributed by atoms with Crippen molar-refractivity contribution in [1.82, 2.24) is 5.32 Å². The normalized spacial score (nSPS) is 24.1. The molecule has 2 heteroatoms. The second-order valence-electron chi connectivity index (χ2n) is 6.67. The van der Waals surface area contributed by atoms with E-state index in [9.17, 15) is 0 Å². The van der Waals surface area contributed by atoms with Gasteiger partial charge in [0.2, 0.25) is 0 Å². The fourth-order valence-electron chi connectivity index (χ4n) is 4.21. The topological polar surface area (TPSA) is 21.3 Å². The van der Waals surface area contributed by atoms with Gasteiger partial charge in [-0.15, -0.1) is 0 Å². The number of hydrogen-bond acceptors (Lipinski definition) is 2. The van der Waals surface area contributed by atoms with Gasteiger partial charge in [-0.3, -0.25) is 0 Å². The Labute approximate surface area is 129 Å². The van der Waals surface area contributed by atoms with E-state index in [-0.39, 0.29) is 0 Å². The molecule has 21 heavy (non-hydrogen) atoms. The molecule has 2 unspecified atom stereocenters. The van der Waals surface area contributed by atoms with Crippen LogP contribution >= 0.6 is 0 Å². The molecule has 0 saturated heterocycles. The summed E-state index contributed by atoms with van der Waals surface area (Å²) in [5.41, 5.74) is 1.43. The summed E-state index contributed by atoms with van der Waals surface area (Å²) < 4.78 is 5.82. The van der Waals surface area contributed by atoms with Crippen LogP contribution in [0.25, 0.3) is 0 Å². The average Bonchev–Trinajstić information content (AvgIpc) is 2.55. The molecular formula is C19H29NO. The number of rotatable bonds is 5. The Morgan fingerprint density at radius 3 is 2.76 bits per heavy atom. The standard InChI is InChI=1S/C19H29NO/c1-2-20-18(15-8-4-3-5-9-15)14-16-12-13-21-19-11-7-6-10-17(16)19/h6-7,10-11,15-16,18,20H,2-5,8-9,12-14H2,1H3. The average molecular weight is 287 g/mol. The van der Waals surface area contributed by atoms with Gasteiger partial charge in [0.1, 0.15) is 5.75 Å². The SMILES string of the molecule is CCNC(CC1CCOc2ccccc21)C1CCCCC1. The molecule has 1 saturated carbocycles. The van der Waals surface area contributed by atoms with Crippen LogP contribution in [0, 0.1) is 5.92 Å². The Kier molecular flexibility index (Phi) is 5.18. The van der Waals surface area contributed by atoms with Crippen LogP contribution in [0.5, 0.6) is 5.75 Å². The van der Waals surface area contributed by atoms with Crippen LogP contribution in [-0.4, -0.2) is 19.2 Å². The summed E-state index contributed by atoms with van der Waals surface area (Å²) in [7, 11) is 0. The summed E-state index contributed by atoms with van der Waals surface area (Å²) in [5, 5.41) is 3.79. The van der Waals surface area contributed by atoms with Crippen molar-refractivity contribution in [3.05, 3.63) is 29.8 Å². The summed E-state index contributed by atoms with van der Waals surface area (Å²) in [4.78, 5) is 0. The van der Waals surface area contributed by atoms with E-state index in [1.165, 1.54) is 50.5 Å². The lowest BCUT2D eigenvalue weighted by Gasteiger charge is -2.35. The smallest absolute Gasteiger partial charge is 0.122 e. The molecule has 1 heterocycles. The van der Waals surface area contributed by atoms with E-state index in [2.05, 4.69) is 36.5 Å². The van der Waals surface area contributed by atoms with Gasteiger partial charge in [-0.2, -0.15) is 0 Å². The Morgan fingerprint density at radius 2 is 1.95 bits per heavy atom. The first-order chi connectivity index (χ1) is 10.4. The Morgan fingerprint density at radius 1 is 1.14 bits per heavy atom. The minimum Gasteiger partial charge on any atom is -0.493 e. The van der Waals surface area contributed by atoms with Gasteiger partial charge in [0.15, 0.2) is 0 Å². The third kappa shape index (κ3) is 3.60. The molecule has 0 bridgehead atoms. The molecular weight excluding hydrogens is 258 g/mol. The number of fused-ring (bicyclic) bond motifs is 1. The maximum Gasteiger partial charge on any atom is 0.122 e. The zero-order chi connectivity index (χ0) is 14.5. The molecule has 1 N–H and O–H groups in total. The number of nitrogens with one attached hydrogen (secondary N) is 1. The largest absolute Gasteiger partial charge is 0.493 e. The van der Waals surface area contributed by atoms with Crippen LogP contribution in [0.4, 0.5) is 0 Å². The van der Waals surface area contributed by atoms with E-state index in [1.807, 2.05) is 0 Å². The summed E-state index contributed by atoms with van der Waals surface area (Å²) in [6.07, 6.45) is 9.58. The van der Waals surface area contributed by atoms with Crippen LogP contribution in [-0.2, 0) is 0 Å². The number of hydrogen-bond donors (Lipinski definition) is 1. The lowest BCUT2D eigenvalue weighted by Crippen LogP contribution is -2.39. The fourth-order valence-corrected chi connectivity index (χ4v) is 4.21. The van der Waals surface area contributed by atoms with Gasteiger partial charge < -0.3 is 10.1 Å². The predicted molar refractivity (Wildman–Crippen MR) is 88.0 cm³/mol. The van der Waals surface area contributed by atoms with Gasteiger partial charge >= 0.3 is 0 Å². The first-order valence-electron chi connectivity index (χ1n) is 8.83. The highest BCUT2D eigenvalue weighted by Gasteiger charge is 2.29. The maximum atomic E-state index is 5.82. The lowest BCUT2D eigenvalue weighted by molar-refractivity contribution is 0.219. The van der Waals surface area contributed by atoms with Gasteiger partial charge in [0.05, 0.1) is 6.61 Å². The zero-order valence-electron chi connectivity index (χ0n) is 13.3. The van der Waals surface area contributed by atoms with Crippen LogP contribution in [0.15, 0.2) is 24.3 Å². The van der Waals surface area contributed by atoms with Gasteiger partial charge in [-0.1, -0.05) is 44.4 Å².